The van der Waals surface area contributed by atoms with Gasteiger partial charge in [-0.1, -0.05) is 85.4 Å². The molecule has 0 radical (unpaired) electrons. The molecular formula is C30H37N3O4. The smallest absolute Gasteiger partial charge is 0.274 e. The average molecular weight is 504 g/mol. The minimum atomic E-state index is -0.587. The van der Waals surface area contributed by atoms with Crippen LogP contribution in [0, 0.1) is 5.41 Å². The summed E-state index contributed by atoms with van der Waals surface area (Å²) in [7, 11) is 0. The molecule has 0 saturated heterocycles. The number of benzene rings is 2. The fourth-order valence-electron chi connectivity index (χ4n) is 4.22. The molecule has 2 aromatic carbocycles. The van der Waals surface area contributed by atoms with E-state index in [-0.39, 0.29) is 30.2 Å². The molecule has 7 nitrogen and oxygen atoms in total. The summed E-state index contributed by atoms with van der Waals surface area (Å²) >= 11 is 0. The normalized spacial score (nSPS) is 12.6. The van der Waals surface area contributed by atoms with Gasteiger partial charge in [-0.05, 0) is 34.1 Å². The number of aromatic nitrogens is 1. The average Bonchev–Trinajstić information content (AvgIpc) is 3.40. The summed E-state index contributed by atoms with van der Waals surface area (Å²) in [6.07, 6.45) is 0. The number of amides is 2. The Bertz CT molecular complexity index is 1350. The molecule has 0 bridgehead atoms. The molecule has 0 aliphatic heterocycles. The quantitative estimate of drug-likeness (QED) is 0.174. The molecule has 4 aromatic rings. The van der Waals surface area contributed by atoms with Crippen molar-refractivity contribution >= 4 is 22.9 Å². The summed E-state index contributed by atoms with van der Waals surface area (Å²) in [6.45, 7) is 12.6. The second-order valence-electron chi connectivity index (χ2n) is 11.2. The first kappa shape index (κ1) is 27.7. The van der Waals surface area contributed by atoms with E-state index in [1.165, 1.54) is 5.56 Å². The predicted molar refractivity (Wildman–Crippen MR) is 147 cm³/mol. The van der Waals surface area contributed by atoms with E-state index in [9.17, 15) is 9.59 Å². The van der Waals surface area contributed by atoms with Gasteiger partial charge in [-0.2, -0.15) is 0 Å². The Labute approximate surface area is 218 Å². The SMILES string of the molecule is C.CC(C)(C)c1ccc(-c2cc3[nH]c(C(=O)NC(c4ccc(C(=O)NO)cc4)C(C)(C)C)cc3o2)cc1. The van der Waals surface area contributed by atoms with Crippen molar-refractivity contribution in [2.45, 2.75) is 60.4 Å². The standard InChI is InChI=1S/C29H33N3O4.CH4/c1-28(2,3)20-13-11-17(12-14-20)23-15-21-24(36-23)16-22(30-21)27(34)31-25(29(4,5)6)18-7-9-19(10-8-18)26(33)32-35;/h7-16,25,30,35H,1-6H3,(H,31,34)(H,32,33);1H4. The third-order valence-electron chi connectivity index (χ3n) is 6.33. The molecule has 4 N–H and O–H groups in total. The molecule has 2 amide bonds. The Morgan fingerprint density at radius 1 is 0.892 bits per heavy atom. The third kappa shape index (κ3) is 5.94. The van der Waals surface area contributed by atoms with Gasteiger partial charge in [-0.15, -0.1) is 0 Å². The number of hydroxylamine groups is 1. The van der Waals surface area contributed by atoms with Crippen molar-refractivity contribution < 1.29 is 19.2 Å². The highest BCUT2D eigenvalue weighted by Crippen LogP contribution is 2.34. The van der Waals surface area contributed by atoms with Crippen LogP contribution in [0.2, 0.25) is 0 Å². The van der Waals surface area contributed by atoms with Gasteiger partial charge in [0.25, 0.3) is 11.8 Å². The molecule has 1 unspecified atom stereocenters. The second-order valence-corrected chi connectivity index (χ2v) is 11.2. The largest absolute Gasteiger partial charge is 0.454 e. The Kier molecular flexibility index (Phi) is 7.70. The Morgan fingerprint density at radius 3 is 2.03 bits per heavy atom. The number of aromatic amines is 1. The lowest BCUT2D eigenvalue weighted by atomic mass is 9.82. The van der Waals surface area contributed by atoms with Crippen molar-refractivity contribution in [3.05, 3.63) is 83.0 Å². The summed E-state index contributed by atoms with van der Waals surface area (Å²) in [4.78, 5) is 28.0. The summed E-state index contributed by atoms with van der Waals surface area (Å²) in [5.74, 6) is -0.103. The van der Waals surface area contributed by atoms with Crippen molar-refractivity contribution in [3.63, 3.8) is 0 Å². The summed E-state index contributed by atoms with van der Waals surface area (Å²) < 4.78 is 6.04. The first-order valence-corrected chi connectivity index (χ1v) is 12.0. The van der Waals surface area contributed by atoms with Crippen LogP contribution in [0.4, 0.5) is 0 Å². The molecule has 0 saturated carbocycles. The van der Waals surface area contributed by atoms with E-state index < -0.39 is 5.91 Å². The van der Waals surface area contributed by atoms with E-state index in [1.54, 1.807) is 35.8 Å². The molecule has 37 heavy (non-hydrogen) atoms. The zero-order valence-electron chi connectivity index (χ0n) is 21.5. The van der Waals surface area contributed by atoms with E-state index in [2.05, 4.69) is 55.3 Å². The molecule has 0 fully saturated rings. The molecule has 4 rings (SSSR count). The van der Waals surface area contributed by atoms with Crippen LogP contribution in [0.5, 0.6) is 0 Å². The maximum Gasteiger partial charge on any atom is 0.274 e. The third-order valence-corrected chi connectivity index (χ3v) is 6.33. The van der Waals surface area contributed by atoms with E-state index in [4.69, 9.17) is 9.62 Å². The van der Waals surface area contributed by atoms with Crippen LogP contribution in [0.3, 0.4) is 0 Å². The number of fused-ring (bicyclic) bond motifs is 1. The van der Waals surface area contributed by atoms with Crippen LogP contribution in [-0.2, 0) is 5.41 Å². The topological polar surface area (TPSA) is 107 Å². The van der Waals surface area contributed by atoms with Crippen LogP contribution in [0.15, 0.2) is 65.1 Å². The fraction of sp³-hybridized carbons (Fsp3) is 0.333. The van der Waals surface area contributed by atoms with E-state index in [1.807, 2.05) is 26.8 Å². The number of nitrogens with one attached hydrogen (secondary N) is 3. The Balaban J connectivity index is 0.00000380. The highest BCUT2D eigenvalue weighted by Gasteiger charge is 2.29. The number of rotatable bonds is 5. The first-order chi connectivity index (χ1) is 16.9. The van der Waals surface area contributed by atoms with Gasteiger partial charge in [0.2, 0.25) is 0 Å². The van der Waals surface area contributed by atoms with Crippen LogP contribution in [-0.4, -0.2) is 22.0 Å². The molecular weight excluding hydrogens is 466 g/mol. The summed E-state index contributed by atoms with van der Waals surface area (Å²) in [6, 6.07) is 18.4. The van der Waals surface area contributed by atoms with Gasteiger partial charge in [0.1, 0.15) is 11.5 Å². The van der Waals surface area contributed by atoms with Crippen LogP contribution in [0.1, 0.15) is 87.0 Å². The molecule has 196 valence electrons. The fourth-order valence-corrected chi connectivity index (χ4v) is 4.22. The highest BCUT2D eigenvalue weighted by molar-refractivity contribution is 5.98. The number of hydrogen-bond donors (Lipinski definition) is 4. The van der Waals surface area contributed by atoms with Gasteiger partial charge in [0, 0.05) is 23.3 Å². The first-order valence-electron chi connectivity index (χ1n) is 12.0. The van der Waals surface area contributed by atoms with Crippen LogP contribution >= 0.6 is 0 Å². The number of carbonyl (C=O) groups excluding carboxylic acids is 2. The molecule has 0 spiro atoms. The number of H-pyrrole nitrogens is 1. The maximum absolute atomic E-state index is 13.2. The lowest BCUT2D eigenvalue weighted by Gasteiger charge is -2.32. The van der Waals surface area contributed by atoms with Gasteiger partial charge in [-0.25, -0.2) is 5.48 Å². The van der Waals surface area contributed by atoms with Gasteiger partial charge >= 0.3 is 0 Å². The highest BCUT2D eigenvalue weighted by atomic mass is 16.5. The molecule has 1 atom stereocenters. The van der Waals surface area contributed by atoms with Gasteiger partial charge in [0.15, 0.2) is 5.58 Å². The van der Waals surface area contributed by atoms with Crippen molar-refractivity contribution in [1.29, 1.82) is 0 Å². The van der Waals surface area contributed by atoms with E-state index >= 15 is 0 Å². The van der Waals surface area contributed by atoms with Gasteiger partial charge < -0.3 is 14.7 Å². The Hall–Kier alpha value is -3.84. The zero-order chi connectivity index (χ0) is 26.3. The van der Waals surface area contributed by atoms with Crippen molar-refractivity contribution in [2.24, 2.45) is 5.41 Å². The van der Waals surface area contributed by atoms with Gasteiger partial charge in [0.05, 0.1) is 11.6 Å². The number of carbonyl (C=O) groups is 2. The van der Waals surface area contributed by atoms with Crippen molar-refractivity contribution in [3.8, 4) is 11.3 Å². The second kappa shape index (κ2) is 10.3. The number of furan rings is 1. The molecule has 0 aliphatic rings. The van der Waals surface area contributed by atoms with Crippen molar-refractivity contribution in [1.82, 2.24) is 15.8 Å². The minimum Gasteiger partial charge on any atom is -0.454 e. The summed E-state index contributed by atoms with van der Waals surface area (Å²) in [5, 5.41) is 11.9. The lowest BCUT2D eigenvalue weighted by molar-refractivity contribution is 0.0706. The van der Waals surface area contributed by atoms with Crippen LogP contribution < -0.4 is 10.8 Å². The summed E-state index contributed by atoms with van der Waals surface area (Å²) in [5.41, 5.74) is 6.58. The lowest BCUT2D eigenvalue weighted by Crippen LogP contribution is -2.36. The molecule has 2 aromatic heterocycles. The number of hydrogen-bond acceptors (Lipinski definition) is 4. The van der Waals surface area contributed by atoms with Crippen LogP contribution in [0.25, 0.3) is 22.4 Å². The molecule has 0 aliphatic carbocycles. The predicted octanol–water partition coefficient (Wildman–Crippen LogP) is 7.00. The van der Waals surface area contributed by atoms with Crippen molar-refractivity contribution in [2.75, 3.05) is 0 Å². The maximum atomic E-state index is 13.2. The van der Waals surface area contributed by atoms with E-state index in [0.29, 0.717) is 16.8 Å². The molecule has 7 heteroatoms. The zero-order valence-corrected chi connectivity index (χ0v) is 21.5. The monoisotopic (exact) mass is 503 g/mol. The van der Waals surface area contributed by atoms with E-state index in [0.717, 1.165) is 22.4 Å². The van der Waals surface area contributed by atoms with Gasteiger partial charge in [-0.3, -0.25) is 14.8 Å². The minimum absolute atomic E-state index is 0. The molecule has 2 heterocycles. The Morgan fingerprint density at radius 2 is 1.51 bits per heavy atom.